The van der Waals surface area contributed by atoms with Gasteiger partial charge in [0.25, 0.3) is 5.91 Å². The molecule has 0 unspecified atom stereocenters. The highest BCUT2D eigenvalue weighted by Gasteiger charge is 2.19. The zero-order valence-electron chi connectivity index (χ0n) is 9.74. The first-order valence-corrected chi connectivity index (χ1v) is 6.85. The van der Waals surface area contributed by atoms with Crippen LogP contribution in [0.15, 0.2) is 17.0 Å². The zero-order valence-corrected chi connectivity index (χ0v) is 12.1. The van der Waals surface area contributed by atoms with Crippen molar-refractivity contribution >= 4 is 46.8 Å². The zero-order chi connectivity index (χ0) is 13.9. The number of carboxylic acid groups (broad SMARTS) is 1. The summed E-state index contributed by atoms with van der Waals surface area (Å²) in [5, 5.41) is 9.31. The fourth-order valence-electron chi connectivity index (χ4n) is 1.33. The van der Waals surface area contributed by atoms with Crippen molar-refractivity contribution in [2.45, 2.75) is 4.90 Å². The quantitative estimate of drug-likeness (QED) is 0.869. The highest BCUT2D eigenvalue weighted by Crippen LogP contribution is 2.31. The third kappa shape index (κ3) is 3.54. The summed E-state index contributed by atoms with van der Waals surface area (Å²) in [6, 6.07) is 3.05. The Morgan fingerprint density at radius 2 is 1.94 bits per heavy atom. The van der Waals surface area contributed by atoms with E-state index in [2.05, 4.69) is 0 Å². The van der Waals surface area contributed by atoms with Crippen LogP contribution in [0.3, 0.4) is 0 Å². The predicted octanol–water partition coefficient (Wildman–Crippen LogP) is 2.87. The second-order valence-electron chi connectivity index (χ2n) is 3.52. The van der Waals surface area contributed by atoms with Gasteiger partial charge in [-0.05, 0) is 18.4 Å². The second-order valence-corrected chi connectivity index (χ2v) is 5.18. The number of hydrogen-bond donors (Lipinski definition) is 1. The molecule has 0 heterocycles. The van der Waals surface area contributed by atoms with E-state index in [1.165, 1.54) is 24.9 Å². The number of hydrogen-bond acceptors (Lipinski definition) is 3. The number of benzene rings is 1. The molecule has 0 saturated carbocycles. The van der Waals surface area contributed by atoms with E-state index in [0.29, 0.717) is 9.92 Å². The van der Waals surface area contributed by atoms with Gasteiger partial charge >= 0.3 is 5.97 Å². The van der Waals surface area contributed by atoms with Crippen molar-refractivity contribution < 1.29 is 14.7 Å². The number of aliphatic carboxylic acids is 1. The summed E-state index contributed by atoms with van der Waals surface area (Å²) in [7, 11) is 1.40. The van der Waals surface area contributed by atoms with Crippen molar-refractivity contribution in [2.75, 3.05) is 19.8 Å². The van der Waals surface area contributed by atoms with E-state index in [1.54, 1.807) is 6.07 Å². The Hall–Kier alpha value is -0.910. The summed E-state index contributed by atoms with van der Waals surface area (Å²) < 4.78 is 0. The lowest BCUT2D eigenvalue weighted by Crippen LogP contribution is -2.32. The van der Waals surface area contributed by atoms with Crippen molar-refractivity contribution in [1.29, 1.82) is 0 Å². The average Bonchev–Trinajstić information content (AvgIpc) is 2.27. The summed E-state index contributed by atoms with van der Waals surface area (Å²) >= 11 is 13.3. The Bertz CT molecular complexity index is 493. The minimum Gasteiger partial charge on any atom is -0.480 e. The smallest absolute Gasteiger partial charge is 0.323 e. The molecule has 0 fully saturated rings. The average molecular weight is 308 g/mol. The summed E-state index contributed by atoms with van der Waals surface area (Å²) in [5.74, 6) is -1.53. The molecule has 0 aliphatic heterocycles. The molecule has 18 heavy (non-hydrogen) atoms. The minimum absolute atomic E-state index is 0.208. The van der Waals surface area contributed by atoms with E-state index < -0.39 is 11.9 Å². The molecule has 7 heteroatoms. The topological polar surface area (TPSA) is 57.6 Å². The highest BCUT2D eigenvalue weighted by atomic mass is 35.5. The molecule has 0 radical (unpaired) electrons. The van der Waals surface area contributed by atoms with Crippen LogP contribution in [0.5, 0.6) is 0 Å². The first kappa shape index (κ1) is 15.1. The summed E-state index contributed by atoms with van der Waals surface area (Å²) in [6.07, 6.45) is 1.82. The standard InChI is InChI=1S/C11H11Cl2NO3S/c1-14(5-10(15)16)11(17)6-3-9(18-2)8(13)4-7(6)12/h3-4H,5H2,1-2H3,(H,15,16). The molecule has 98 valence electrons. The van der Waals surface area contributed by atoms with Gasteiger partial charge in [0, 0.05) is 11.9 Å². The van der Waals surface area contributed by atoms with Crippen molar-refractivity contribution in [3.8, 4) is 0 Å². The number of carbonyl (C=O) groups is 2. The van der Waals surface area contributed by atoms with Gasteiger partial charge in [-0.15, -0.1) is 11.8 Å². The molecule has 0 bridgehead atoms. The molecule has 0 aliphatic rings. The molecule has 0 atom stereocenters. The second kappa shape index (κ2) is 6.31. The monoisotopic (exact) mass is 307 g/mol. The van der Waals surface area contributed by atoms with Gasteiger partial charge in [0.1, 0.15) is 6.54 Å². The third-order valence-electron chi connectivity index (χ3n) is 2.19. The van der Waals surface area contributed by atoms with Crippen LogP contribution < -0.4 is 0 Å². The molecule has 0 saturated heterocycles. The van der Waals surface area contributed by atoms with Crippen LogP contribution in [0, 0.1) is 0 Å². The van der Waals surface area contributed by atoms with Crippen LogP contribution in [0.2, 0.25) is 10.0 Å². The lowest BCUT2D eigenvalue weighted by atomic mass is 10.2. The maximum Gasteiger partial charge on any atom is 0.323 e. The van der Waals surface area contributed by atoms with Crippen molar-refractivity contribution in [2.24, 2.45) is 0 Å². The number of thioether (sulfide) groups is 1. The van der Waals surface area contributed by atoms with Crippen molar-refractivity contribution in [3.63, 3.8) is 0 Å². The van der Waals surface area contributed by atoms with Crippen LogP contribution in [0.4, 0.5) is 0 Å². The van der Waals surface area contributed by atoms with Crippen LogP contribution in [-0.2, 0) is 4.79 Å². The maximum atomic E-state index is 12.0. The maximum absolute atomic E-state index is 12.0. The Kier molecular flexibility index (Phi) is 5.31. The van der Waals surface area contributed by atoms with E-state index in [-0.39, 0.29) is 17.1 Å². The third-order valence-corrected chi connectivity index (χ3v) is 3.71. The largest absolute Gasteiger partial charge is 0.480 e. The van der Waals surface area contributed by atoms with E-state index in [1.807, 2.05) is 6.26 Å². The number of likely N-dealkylation sites (N-methyl/N-ethyl adjacent to an activating group) is 1. The van der Waals surface area contributed by atoms with Gasteiger partial charge in [0.05, 0.1) is 15.6 Å². The number of rotatable bonds is 4. The van der Waals surface area contributed by atoms with Gasteiger partial charge in [0.2, 0.25) is 0 Å². The molecule has 1 aromatic rings. The van der Waals surface area contributed by atoms with Crippen molar-refractivity contribution in [1.82, 2.24) is 4.90 Å². The van der Waals surface area contributed by atoms with Gasteiger partial charge in [-0.3, -0.25) is 9.59 Å². The summed E-state index contributed by atoms with van der Waals surface area (Å²) in [5.41, 5.74) is 0.245. The Labute approximate surface area is 119 Å². The fraction of sp³-hybridized carbons (Fsp3) is 0.273. The molecule has 0 spiro atoms. The Morgan fingerprint density at radius 1 is 1.33 bits per heavy atom. The van der Waals surface area contributed by atoms with Crippen molar-refractivity contribution in [3.05, 3.63) is 27.7 Å². The first-order chi connectivity index (χ1) is 8.36. The lowest BCUT2D eigenvalue weighted by molar-refractivity contribution is -0.137. The molecule has 1 rings (SSSR count). The fourth-order valence-corrected chi connectivity index (χ4v) is 2.51. The predicted molar refractivity (Wildman–Crippen MR) is 72.8 cm³/mol. The SMILES string of the molecule is CSc1cc(C(=O)N(C)CC(=O)O)c(Cl)cc1Cl. The van der Waals surface area contributed by atoms with Crippen LogP contribution in [0.1, 0.15) is 10.4 Å². The molecule has 4 nitrogen and oxygen atoms in total. The Balaban J connectivity index is 3.09. The summed E-state index contributed by atoms with van der Waals surface area (Å²) in [4.78, 5) is 24.4. The van der Waals surface area contributed by atoms with Gasteiger partial charge in [0.15, 0.2) is 0 Å². The highest BCUT2D eigenvalue weighted by molar-refractivity contribution is 7.98. The van der Waals surface area contributed by atoms with Crippen LogP contribution in [0.25, 0.3) is 0 Å². The number of nitrogens with zero attached hydrogens (tertiary/aromatic N) is 1. The molecular weight excluding hydrogens is 297 g/mol. The lowest BCUT2D eigenvalue weighted by Gasteiger charge is -2.16. The van der Waals surface area contributed by atoms with Gasteiger partial charge < -0.3 is 10.0 Å². The van der Waals surface area contributed by atoms with E-state index in [4.69, 9.17) is 28.3 Å². The van der Waals surface area contributed by atoms with Crippen LogP contribution in [-0.4, -0.2) is 41.7 Å². The van der Waals surface area contributed by atoms with E-state index in [0.717, 1.165) is 4.90 Å². The number of halogens is 2. The summed E-state index contributed by atoms with van der Waals surface area (Å²) in [6.45, 7) is -0.383. The molecule has 1 amide bonds. The van der Waals surface area contributed by atoms with Gasteiger partial charge in [-0.1, -0.05) is 23.2 Å². The minimum atomic E-state index is -1.08. The van der Waals surface area contributed by atoms with Crippen LogP contribution >= 0.6 is 35.0 Å². The van der Waals surface area contributed by atoms with Gasteiger partial charge in [-0.25, -0.2) is 0 Å². The number of amides is 1. The normalized spacial score (nSPS) is 10.2. The van der Waals surface area contributed by atoms with Gasteiger partial charge in [-0.2, -0.15) is 0 Å². The number of carboxylic acids is 1. The molecule has 1 N–H and O–H groups in total. The molecule has 0 aromatic heterocycles. The first-order valence-electron chi connectivity index (χ1n) is 4.87. The molecule has 0 aliphatic carbocycles. The molecule has 1 aromatic carbocycles. The number of carbonyl (C=O) groups excluding carboxylic acids is 1. The van der Waals surface area contributed by atoms with E-state index >= 15 is 0 Å². The molecular formula is C11H11Cl2NO3S. The Morgan fingerprint density at radius 3 is 2.44 bits per heavy atom. The van der Waals surface area contributed by atoms with E-state index in [9.17, 15) is 9.59 Å².